The van der Waals surface area contributed by atoms with E-state index in [1.807, 2.05) is 18.2 Å². The van der Waals surface area contributed by atoms with Crippen LogP contribution in [0.4, 0.5) is 0 Å². The number of aromatic nitrogens is 2. The molecule has 0 saturated heterocycles. The first kappa shape index (κ1) is 18.4. The first-order valence-electron chi connectivity index (χ1n) is 8.46. The Morgan fingerprint density at radius 2 is 2.04 bits per heavy atom. The molecule has 3 rings (SSSR count). The van der Waals surface area contributed by atoms with Crippen LogP contribution in [0, 0.1) is 0 Å². The molecule has 7 heteroatoms. The molecule has 6 nitrogen and oxygen atoms in total. The molecular weight excluding hydrogens is 352 g/mol. The van der Waals surface area contributed by atoms with Crippen LogP contribution in [0.3, 0.4) is 0 Å². The second kappa shape index (κ2) is 7.86. The summed E-state index contributed by atoms with van der Waals surface area (Å²) in [5.41, 5.74) is 3.21. The summed E-state index contributed by atoms with van der Waals surface area (Å²) in [5, 5.41) is -0.0932. The number of carbonyl (C=O) groups excluding carboxylic acids is 2. The number of aryl methyl sites for hydroxylation is 2. The number of carbonyl (C=O) groups is 2. The number of H-pyrrole nitrogens is 1. The number of Topliss-reactive ketones (excluding diaryl/α,β-unsaturated/α-hetero) is 1. The van der Waals surface area contributed by atoms with Crippen LogP contribution in [0.2, 0.25) is 0 Å². The van der Waals surface area contributed by atoms with Crippen molar-refractivity contribution in [1.29, 1.82) is 0 Å². The lowest BCUT2D eigenvalue weighted by Gasteiger charge is -2.11. The molecule has 0 spiro atoms. The van der Waals surface area contributed by atoms with Gasteiger partial charge in [-0.1, -0.05) is 23.9 Å². The van der Waals surface area contributed by atoms with E-state index in [1.54, 1.807) is 6.92 Å². The molecule has 0 amide bonds. The van der Waals surface area contributed by atoms with Gasteiger partial charge in [0, 0.05) is 11.6 Å². The molecule has 1 aliphatic carbocycles. The minimum atomic E-state index is -0.471. The number of hydrogen-bond acceptors (Lipinski definition) is 6. The second-order valence-corrected chi connectivity index (χ2v) is 7.59. The second-order valence-electron chi connectivity index (χ2n) is 6.26. The van der Waals surface area contributed by atoms with E-state index in [-0.39, 0.29) is 17.8 Å². The maximum absolute atomic E-state index is 12.7. The molecule has 1 aliphatic rings. The average Bonchev–Trinajstić information content (AvgIpc) is 3.08. The molecule has 1 N–H and O–H groups in total. The Hall–Kier alpha value is -2.41. The summed E-state index contributed by atoms with van der Waals surface area (Å²) in [6.45, 7) is 1.78. The van der Waals surface area contributed by atoms with Crippen LogP contribution in [0.1, 0.15) is 40.5 Å². The number of methoxy groups -OCH3 is 1. The normalized spacial score (nSPS) is 13.9. The predicted octanol–water partition coefficient (Wildman–Crippen LogP) is 2.34. The van der Waals surface area contributed by atoms with Gasteiger partial charge in [0.2, 0.25) is 0 Å². The van der Waals surface area contributed by atoms with Gasteiger partial charge in [-0.3, -0.25) is 14.4 Å². The topological polar surface area (TPSA) is 89.1 Å². The number of aromatic amines is 1. The lowest BCUT2D eigenvalue weighted by Crippen LogP contribution is -2.18. The van der Waals surface area contributed by atoms with Crippen molar-refractivity contribution in [1.82, 2.24) is 9.97 Å². The number of esters is 1. The fourth-order valence-electron chi connectivity index (χ4n) is 3.03. The van der Waals surface area contributed by atoms with Gasteiger partial charge in [0.05, 0.1) is 24.5 Å². The number of nitrogens with one attached hydrogen (secondary N) is 1. The summed E-state index contributed by atoms with van der Waals surface area (Å²) >= 11 is 1.17. The summed E-state index contributed by atoms with van der Waals surface area (Å²) in [6, 6.07) is 7.14. The predicted molar refractivity (Wildman–Crippen MR) is 98.7 cm³/mol. The smallest absolute Gasteiger partial charge is 0.311 e. The van der Waals surface area contributed by atoms with E-state index in [2.05, 4.69) is 14.7 Å². The molecule has 1 aromatic carbocycles. The molecule has 1 heterocycles. The van der Waals surface area contributed by atoms with Crippen LogP contribution in [0.25, 0.3) is 0 Å². The third kappa shape index (κ3) is 4.22. The fourth-order valence-corrected chi connectivity index (χ4v) is 3.94. The highest BCUT2D eigenvalue weighted by Crippen LogP contribution is 2.26. The quantitative estimate of drug-likeness (QED) is 0.362. The van der Waals surface area contributed by atoms with Crippen LogP contribution < -0.4 is 5.56 Å². The molecule has 0 saturated carbocycles. The van der Waals surface area contributed by atoms with E-state index in [0.717, 1.165) is 19.3 Å². The first-order valence-corrected chi connectivity index (χ1v) is 9.34. The Labute approximate surface area is 155 Å². The molecule has 0 bridgehead atoms. The SMILES string of the molecule is COC(=O)Cc1cc(=O)[nH]c(S[C@H](C)C(=O)c2ccc3c(c2)CCC3)n1. The Morgan fingerprint density at radius 3 is 2.81 bits per heavy atom. The van der Waals surface area contributed by atoms with E-state index in [9.17, 15) is 14.4 Å². The number of hydrogen-bond donors (Lipinski definition) is 1. The number of thioether (sulfide) groups is 1. The highest BCUT2D eigenvalue weighted by Gasteiger charge is 2.20. The third-order valence-corrected chi connectivity index (χ3v) is 5.35. The molecule has 0 aliphatic heterocycles. The number of nitrogens with zero attached hydrogens (tertiary/aromatic N) is 1. The van der Waals surface area contributed by atoms with Gasteiger partial charge in [-0.15, -0.1) is 0 Å². The Morgan fingerprint density at radius 1 is 1.27 bits per heavy atom. The maximum atomic E-state index is 12.7. The lowest BCUT2D eigenvalue weighted by atomic mass is 10.0. The van der Waals surface area contributed by atoms with Gasteiger partial charge in [-0.05, 0) is 43.4 Å². The summed E-state index contributed by atoms with van der Waals surface area (Å²) in [7, 11) is 1.28. The van der Waals surface area contributed by atoms with Crippen molar-refractivity contribution in [2.75, 3.05) is 7.11 Å². The average molecular weight is 372 g/mol. The highest BCUT2D eigenvalue weighted by molar-refractivity contribution is 8.00. The molecule has 0 radical (unpaired) electrons. The molecule has 0 fully saturated rings. The zero-order valence-corrected chi connectivity index (χ0v) is 15.5. The monoisotopic (exact) mass is 372 g/mol. The fraction of sp³-hybridized carbons (Fsp3) is 0.368. The lowest BCUT2D eigenvalue weighted by molar-refractivity contribution is -0.139. The minimum absolute atomic E-state index is 0.00859. The first-order chi connectivity index (χ1) is 12.5. The summed E-state index contributed by atoms with van der Waals surface area (Å²) in [6.07, 6.45) is 3.14. The molecule has 136 valence electrons. The van der Waals surface area contributed by atoms with Crippen LogP contribution >= 0.6 is 11.8 Å². The summed E-state index contributed by atoms with van der Waals surface area (Å²) < 4.78 is 4.60. The van der Waals surface area contributed by atoms with Crippen molar-refractivity contribution in [3.63, 3.8) is 0 Å². The van der Waals surface area contributed by atoms with Crippen molar-refractivity contribution in [3.8, 4) is 0 Å². The Kier molecular flexibility index (Phi) is 5.56. The number of benzene rings is 1. The van der Waals surface area contributed by atoms with Crippen LogP contribution in [-0.4, -0.2) is 34.1 Å². The van der Waals surface area contributed by atoms with Crippen LogP contribution in [0.15, 0.2) is 34.2 Å². The standard InChI is InChI=1S/C19H20N2O4S/c1-11(18(24)14-7-6-12-4-3-5-13(12)8-14)26-19-20-15(9-16(22)21-19)10-17(23)25-2/h6-9,11H,3-5,10H2,1-2H3,(H,20,21,22)/t11-/m1/s1. The van der Waals surface area contributed by atoms with E-state index in [0.29, 0.717) is 16.4 Å². The molecule has 26 heavy (non-hydrogen) atoms. The van der Waals surface area contributed by atoms with E-state index in [4.69, 9.17) is 0 Å². The van der Waals surface area contributed by atoms with E-state index >= 15 is 0 Å². The van der Waals surface area contributed by atoms with Crippen molar-refractivity contribution >= 4 is 23.5 Å². The van der Waals surface area contributed by atoms with E-state index < -0.39 is 11.2 Å². The molecule has 1 aromatic heterocycles. The largest absolute Gasteiger partial charge is 0.469 e. The van der Waals surface area contributed by atoms with Gasteiger partial charge in [-0.2, -0.15) is 0 Å². The van der Waals surface area contributed by atoms with Crippen LogP contribution in [-0.2, 0) is 28.8 Å². The highest BCUT2D eigenvalue weighted by atomic mass is 32.2. The summed E-state index contributed by atoms with van der Waals surface area (Å²) in [5.74, 6) is -0.480. The van der Waals surface area contributed by atoms with Crippen molar-refractivity contribution in [3.05, 3.63) is 57.0 Å². The Balaban J connectivity index is 1.74. The van der Waals surface area contributed by atoms with E-state index in [1.165, 1.54) is 36.1 Å². The van der Waals surface area contributed by atoms with Crippen molar-refractivity contribution in [2.45, 2.75) is 43.0 Å². The van der Waals surface area contributed by atoms with Gasteiger partial charge in [-0.25, -0.2) is 4.98 Å². The third-order valence-electron chi connectivity index (χ3n) is 4.37. The van der Waals surface area contributed by atoms with Crippen molar-refractivity contribution in [2.24, 2.45) is 0 Å². The van der Waals surface area contributed by atoms with Crippen LogP contribution in [0.5, 0.6) is 0 Å². The zero-order valence-electron chi connectivity index (χ0n) is 14.7. The van der Waals surface area contributed by atoms with Gasteiger partial charge >= 0.3 is 5.97 Å². The molecule has 1 atom stereocenters. The molecular formula is C19H20N2O4S. The number of rotatable bonds is 6. The van der Waals surface area contributed by atoms with Gasteiger partial charge in [0.1, 0.15) is 0 Å². The van der Waals surface area contributed by atoms with Gasteiger partial charge in [0.15, 0.2) is 10.9 Å². The van der Waals surface area contributed by atoms with Gasteiger partial charge in [0.25, 0.3) is 5.56 Å². The molecule has 2 aromatic rings. The number of ketones is 1. The number of fused-ring (bicyclic) bond motifs is 1. The number of ether oxygens (including phenoxy) is 1. The maximum Gasteiger partial charge on any atom is 0.311 e. The van der Waals surface area contributed by atoms with Gasteiger partial charge < -0.3 is 9.72 Å². The Bertz CT molecular complexity index is 907. The minimum Gasteiger partial charge on any atom is -0.469 e. The summed E-state index contributed by atoms with van der Waals surface area (Å²) in [4.78, 5) is 42.7. The zero-order chi connectivity index (χ0) is 18.7. The molecule has 0 unspecified atom stereocenters. The van der Waals surface area contributed by atoms with Crippen molar-refractivity contribution < 1.29 is 14.3 Å².